The van der Waals surface area contributed by atoms with Gasteiger partial charge < -0.3 is 0 Å². The molecule has 0 aromatic carbocycles. The Bertz CT molecular complexity index is 210. The van der Waals surface area contributed by atoms with Crippen LogP contribution in [0.25, 0.3) is 0 Å². The van der Waals surface area contributed by atoms with Gasteiger partial charge in [0.25, 0.3) is 0 Å². The van der Waals surface area contributed by atoms with Crippen LogP contribution in [0.15, 0.2) is 23.6 Å². The van der Waals surface area contributed by atoms with E-state index in [0.717, 1.165) is 12.8 Å². The van der Waals surface area contributed by atoms with Gasteiger partial charge in [-0.25, -0.2) is 0 Å². The first-order valence-corrected chi connectivity index (χ1v) is 4.05. The van der Waals surface area contributed by atoms with Crippen molar-refractivity contribution in [3.05, 3.63) is 34.0 Å². The van der Waals surface area contributed by atoms with Crippen molar-refractivity contribution in [2.45, 2.75) is 12.8 Å². The zero-order chi connectivity index (χ0) is 6.10. The van der Waals surface area contributed by atoms with Gasteiger partial charge in [-0.05, 0) is 23.4 Å². The van der Waals surface area contributed by atoms with Gasteiger partial charge in [0.15, 0.2) is 0 Å². The average molecular weight is 136 g/mol. The highest BCUT2D eigenvalue weighted by Crippen LogP contribution is 2.21. The summed E-state index contributed by atoms with van der Waals surface area (Å²) < 4.78 is 0. The lowest BCUT2D eigenvalue weighted by molar-refractivity contribution is 1.14. The van der Waals surface area contributed by atoms with Crippen LogP contribution < -0.4 is 0 Å². The van der Waals surface area contributed by atoms with E-state index in [2.05, 4.69) is 23.6 Å². The highest BCUT2D eigenvalue weighted by molar-refractivity contribution is 7.10. The molecular formula is C8H8S. The van der Waals surface area contributed by atoms with Crippen LogP contribution in [0.3, 0.4) is 0 Å². The molecule has 0 bridgehead atoms. The quantitative estimate of drug-likeness (QED) is 0.480. The zero-order valence-corrected chi connectivity index (χ0v) is 5.95. The summed E-state index contributed by atoms with van der Waals surface area (Å²) in [6, 6.07) is 2.23. The molecule has 1 heterocycles. The van der Waals surface area contributed by atoms with Crippen LogP contribution in [0.1, 0.15) is 10.4 Å². The van der Waals surface area contributed by atoms with Crippen LogP contribution in [-0.4, -0.2) is 0 Å². The zero-order valence-electron chi connectivity index (χ0n) is 5.13. The minimum absolute atomic E-state index is 1.15. The van der Waals surface area contributed by atoms with Crippen molar-refractivity contribution in [1.82, 2.24) is 0 Å². The second-order valence-corrected chi connectivity index (χ2v) is 3.25. The molecule has 0 N–H and O–H groups in total. The normalized spacial score (nSPS) is 15.6. The maximum atomic E-state index is 2.25. The van der Waals surface area contributed by atoms with Gasteiger partial charge in [-0.2, -0.15) is 0 Å². The first-order chi connectivity index (χ1) is 4.47. The van der Waals surface area contributed by atoms with Gasteiger partial charge in [-0.1, -0.05) is 12.2 Å². The molecule has 0 spiro atoms. The fourth-order valence-corrected chi connectivity index (χ4v) is 2.02. The smallest absolute Gasteiger partial charge is 0.0118 e. The van der Waals surface area contributed by atoms with E-state index >= 15 is 0 Å². The van der Waals surface area contributed by atoms with Gasteiger partial charge in [0.1, 0.15) is 0 Å². The van der Waals surface area contributed by atoms with Gasteiger partial charge in [-0.3, -0.25) is 0 Å². The van der Waals surface area contributed by atoms with Crippen molar-refractivity contribution in [3.63, 3.8) is 0 Å². The van der Waals surface area contributed by atoms with Crippen molar-refractivity contribution in [1.29, 1.82) is 0 Å². The van der Waals surface area contributed by atoms with Crippen LogP contribution in [-0.2, 0) is 12.8 Å². The van der Waals surface area contributed by atoms with Crippen LogP contribution >= 0.6 is 11.3 Å². The van der Waals surface area contributed by atoms with E-state index in [4.69, 9.17) is 0 Å². The average Bonchev–Trinajstić information content (AvgIpc) is 2.33. The molecule has 2 rings (SSSR count). The molecule has 1 aliphatic carbocycles. The monoisotopic (exact) mass is 136 g/mol. The Morgan fingerprint density at radius 1 is 1.22 bits per heavy atom. The van der Waals surface area contributed by atoms with E-state index in [9.17, 15) is 0 Å². The highest BCUT2D eigenvalue weighted by atomic mass is 32.1. The Morgan fingerprint density at radius 3 is 3.00 bits per heavy atom. The molecule has 0 unspecified atom stereocenters. The van der Waals surface area contributed by atoms with Gasteiger partial charge in [-0.15, -0.1) is 11.3 Å². The number of hydrogen-bond donors (Lipinski definition) is 0. The van der Waals surface area contributed by atoms with E-state index in [1.807, 2.05) is 11.3 Å². The van der Waals surface area contributed by atoms with Gasteiger partial charge >= 0.3 is 0 Å². The van der Waals surface area contributed by atoms with E-state index in [0.29, 0.717) is 0 Å². The molecule has 0 saturated heterocycles. The van der Waals surface area contributed by atoms with Gasteiger partial charge in [0.2, 0.25) is 0 Å². The second-order valence-electron chi connectivity index (χ2n) is 2.25. The molecule has 46 valence electrons. The first kappa shape index (κ1) is 5.24. The molecule has 0 radical (unpaired) electrons. The molecule has 1 aromatic rings. The second kappa shape index (κ2) is 1.99. The molecule has 1 aliphatic rings. The van der Waals surface area contributed by atoms with Crippen LogP contribution in [0, 0.1) is 0 Å². The van der Waals surface area contributed by atoms with E-state index in [1.165, 1.54) is 5.56 Å². The lowest BCUT2D eigenvalue weighted by atomic mass is 10.1. The third kappa shape index (κ3) is 0.815. The fourth-order valence-electron chi connectivity index (χ4n) is 1.13. The lowest BCUT2D eigenvalue weighted by Crippen LogP contribution is -1.89. The van der Waals surface area contributed by atoms with Crippen molar-refractivity contribution >= 4 is 11.3 Å². The summed E-state index contributed by atoms with van der Waals surface area (Å²) in [6.45, 7) is 0. The summed E-state index contributed by atoms with van der Waals surface area (Å²) >= 11 is 1.87. The Balaban J connectivity index is 2.46. The summed E-state index contributed by atoms with van der Waals surface area (Å²) in [7, 11) is 0. The number of hydrogen-bond acceptors (Lipinski definition) is 1. The molecule has 0 fully saturated rings. The molecule has 9 heavy (non-hydrogen) atoms. The van der Waals surface area contributed by atoms with Crippen molar-refractivity contribution in [2.75, 3.05) is 0 Å². The number of allylic oxidation sites excluding steroid dienone is 2. The molecule has 0 aliphatic heterocycles. The minimum Gasteiger partial charge on any atom is -0.148 e. The van der Waals surface area contributed by atoms with Crippen molar-refractivity contribution in [3.8, 4) is 0 Å². The maximum absolute atomic E-state index is 2.25. The third-order valence-corrected chi connectivity index (χ3v) is 2.63. The molecule has 1 heteroatoms. The SMILES string of the molecule is C1=CCc2sccc2C1. The van der Waals surface area contributed by atoms with Crippen LogP contribution in [0.2, 0.25) is 0 Å². The van der Waals surface area contributed by atoms with Gasteiger partial charge in [0.05, 0.1) is 0 Å². The van der Waals surface area contributed by atoms with E-state index in [-0.39, 0.29) is 0 Å². The topological polar surface area (TPSA) is 0 Å². The minimum atomic E-state index is 1.15. The standard InChI is InChI=1S/C8H8S/c1-2-4-8-7(3-1)5-6-9-8/h1-2,5-6H,3-4H2. The van der Waals surface area contributed by atoms with Crippen LogP contribution in [0.4, 0.5) is 0 Å². The number of rotatable bonds is 0. The fraction of sp³-hybridized carbons (Fsp3) is 0.250. The Labute approximate surface area is 58.8 Å². The number of thiophene rings is 1. The van der Waals surface area contributed by atoms with Crippen LogP contribution in [0.5, 0.6) is 0 Å². The molecular weight excluding hydrogens is 128 g/mol. The summed E-state index contributed by atoms with van der Waals surface area (Å²) in [6.07, 6.45) is 6.81. The third-order valence-electron chi connectivity index (χ3n) is 1.65. The molecule has 0 saturated carbocycles. The lowest BCUT2D eigenvalue weighted by Gasteiger charge is -2.01. The van der Waals surface area contributed by atoms with Crippen molar-refractivity contribution in [2.24, 2.45) is 0 Å². The Morgan fingerprint density at radius 2 is 2.11 bits per heavy atom. The molecule has 0 atom stereocenters. The maximum Gasteiger partial charge on any atom is 0.0118 e. The number of fused-ring (bicyclic) bond motifs is 1. The van der Waals surface area contributed by atoms with Gasteiger partial charge in [0, 0.05) is 11.3 Å². The molecule has 0 amide bonds. The highest BCUT2D eigenvalue weighted by Gasteiger charge is 2.03. The molecule has 1 aromatic heterocycles. The summed E-state index contributed by atoms with van der Waals surface area (Å²) in [4.78, 5) is 1.55. The molecule has 0 nitrogen and oxygen atoms in total. The van der Waals surface area contributed by atoms with Crippen molar-refractivity contribution < 1.29 is 0 Å². The Hall–Kier alpha value is -0.560. The first-order valence-electron chi connectivity index (χ1n) is 3.17. The summed E-state index contributed by atoms with van der Waals surface area (Å²) in [5.41, 5.74) is 1.53. The predicted octanol–water partition coefficient (Wildman–Crippen LogP) is 2.40. The predicted molar refractivity (Wildman–Crippen MR) is 40.9 cm³/mol. The van der Waals surface area contributed by atoms with E-state index < -0.39 is 0 Å². The summed E-state index contributed by atoms with van der Waals surface area (Å²) in [5, 5.41) is 2.18. The largest absolute Gasteiger partial charge is 0.148 e. The Kier molecular flexibility index (Phi) is 1.16. The summed E-state index contributed by atoms with van der Waals surface area (Å²) in [5.74, 6) is 0. The van der Waals surface area contributed by atoms with E-state index in [1.54, 1.807) is 4.88 Å².